The van der Waals surface area contributed by atoms with Crippen LogP contribution in [0.3, 0.4) is 0 Å². The van der Waals surface area contributed by atoms with Gasteiger partial charge < -0.3 is 0 Å². The second-order valence-corrected chi connectivity index (χ2v) is 5.85. The number of carbonyl (C=O) groups excluding carboxylic acids is 1. The van der Waals surface area contributed by atoms with Crippen molar-refractivity contribution in [2.24, 2.45) is 0 Å². The third-order valence-electron chi connectivity index (χ3n) is 3.30. The van der Waals surface area contributed by atoms with Crippen LogP contribution in [-0.2, 0) is 0 Å². The van der Waals surface area contributed by atoms with E-state index in [9.17, 15) is 4.79 Å². The van der Waals surface area contributed by atoms with Crippen molar-refractivity contribution in [1.82, 2.24) is 4.98 Å². The first-order valence-electron chi connectivity index (χ1n) is 6.81. The molecule has 0 saturated heterocycles. The topological polar surface area (TPSA) is 30.0 Å². The van der Waals surface area contributed by atoms with Crippen LogP contribution >= 0.6 is 11.8 Å². The number of aromatic nitrogens is 1. The molecule has 0 aliphatic carbocycles. The van der Waals surface area contributed by atoms with Gasteiger partial charge in [0.2, 0.25) is 0 Å². The number of aryl methyl sites for hydroxylation is 1. The number of nitrogens with zero attached hydrogens (tertiary/aromatic N) is 1. The monoisotopic (exact) mass is 293 g/mol. The van der Waals surface area contributed by atoms with Crippen LogP contribution in [0.2, 0.25) is 0 Å². The molecule has 0 N–H and O–H groups in total. The Bertz CT molecular complexity index is 784. The molecule has 0 saturated carbocycles. The average molecular weight is 293 g/mol. The summed E-state index contributed by atoms with van der Waals surface area (Å²) >= 11 is 1.50. The molecule has 0 amide bonds. The van der Waals surface area contributed by atoms with Gasteiger partial charge in [-0.25, -0.2) is 4.98 Å². The Morgan fingerprint density at radius 1 is 1.05 bits per heavy atom. The minimum absolute atomic E-state index is 0.134. The van der Waals surface area contributed by atoms with E-state index >= 15 is 0 Å². The number of carbonyl (C=O) groups is 1. The summed E-state index contributed by atoms with van der Waals surface area (Å²) in [5.41, 5.74) is 2.83. The second kappa shape index (κ2) is 6.10. The van der Waals surface area contributed by atoms with Crippen LogP contribution in [0.25, 0.3) is 10.9 Å². The fourth-order valence-corrected chi connectivity index (χ4v) is 3.08. The molecule has 0 fully saturated rings. The smallest absolute Gasteiger partial charge is 0.173 e. The molecule has 0 unspecified atom stereocenters. The summed E-state index contributed by atoms with van der Waals surface area (Å²) in [6, 6.07) is 19.6. The zero-order valence-corrected chi connectivity index (χ0v) is 12.6. The first-order chi connectivity index (χ1) is 10.2. The van der Waals surface area contributed by atoms with E-state index in [-0.39, 0.29) is 5.78 Å². The lowest BCUT2D eigenvalue weighted by Crippen LogP contribution is -2.02. The fourth-order valence-electron chi connectivity index (χ4n) is 2.19. The Hall–Kier alpha value is -2.13. The Labute approximate surface area is 128 Å². The lowest BCUT2D eigenvalue weighted by atomic mass is 10.2. The molecule has 1 aromatic heterocycles. The SMILES string of the molecule is Cc1cc2ccccc2nc1SCC(=O)c1ccccc1. The van der Waals surface area contributed by atoms with Gasteiger partial charge in [-0.2, -0.15) is 0 Å². The van der Waals surface area contributed by atoms with Gasteiger partial charge in [-0.3, -0.25) is 4.79 Å². The number of pyridine rings is 1. The van der Waals surface area contributed by atoms with Crippen molar-refractivity contribution in [3.05, 3.63) is 71.8 Å². The summed E-state index contributed by atoms with van der Waals surface area (Å²) in [7, 11) is 0. The van der Waals surface area contributed by atoms with Crippen LogP contribution in [-0.4, -0.2) is 16.5 Å². The van der Waals surface area contributed by atoms with Crippen LogP contribution in [0.1, 0.15) is 15.9 Å². The molecule has 104 valence electrons. The number of hydrogen-bond acceptors (Lipinski definition) is 3. The Morgan fingerprint density at radius 2 is 1.76 bits per heavy atom. The molecular weight excluding hydrogens is 278 g/mol. The predicted molar refractivity (Wildman–Crippen MR) is 88.0 cm³/mol. The average Bonchev–Trinajstić information content (AvgIpc) is 2.53. The number of hydrogen-bond donors (Lipinski definition) is 0. The summed E-state index contributed by atoms with van der Waals surface area (Å²) in [4.78, 5) is 16.8. The number of thioether (sulfide) groups is 1. The number of ketones is 1. The third kappa shape index (κ3) is 3.14. The maximum Gasteiger partial charge on any atom is 0.173 e. The van der Waals surface area contributed by atoms with Gasteiger partial charge in [0.15, 0.2) is 5.78 Å². The van der Waals surface area contributed by atoms with E-state index in [1.165, 1.54) is 11.8 Å². The molecule has 1 heterocycles. The second-order valence-electron chi connectivity index (χ2n) is 4.88. The molecule has 21 heavy (non-hydrogen) atoms. The zero-order valence-electron chi connectivity index (χ0n) is 11.7. The van der Waals surface area contributed by atoms with Crippen molar-refractivity contribution >= 4 is 28.4 Å². The highest BCUT2D eigenvalue weighted by atomic mass is 32.2. The van der Waals surface area contributed by atoms with E-state index in [2.05, 4.69) is 17.1 Å². The van der Waals surface area contributed by atoms with Crippen molar-refractivity contribution in [3.63, 3.8) is 0 Å². The van der Waals surface area contributed by atoms with Gasteiger partial charge in [-0.15, -0.1) is 0 Å². The fraction of sp³-hybridized carbons (Fsp3) is 0.111. The minimum Gasteiger partial charge on any atom is -0.293 e. The molecule has 2 nitrogen and oxygen atoms in total. The Kier molecular flexibility index (Phi) is 4.02. The molecule has 0 atom stereocenters. The van der Waals surface area contributed by atoms with Crippen LogP contribution in [0.15, 0.2) is 65.7 Å². The van der Waals surface area contributed by atoms with Gasteiger partial charge in [0.25, 0.3) is 0 Å². The van der Waals surface area contributed by atoms with E-state index in [4.69, 9.17) is 0 Å². The zero-order chi connectivity index (χ0) is 14.7. The molecule has 3 aromatic rings. The van der Waals surface area contributed by atoms with E-state index < -0.39 is 0 Å². The highest BCUT2D eigenvalue weighted by molar-refractivity contribution is 8.00. The van der Waals surface area contributed by atoms with Gasteiger partial charge in [0.1, 0.15) is 5.03 Å². The number of fused-ring (bicyclic) bond motifs is 1. The maximum atomic E-state index is 12.1. The summed E-state index contributed by atoms with van der Waals surface area (Å²) in [6.45, 7) is 2.04. The van der Waals surface area contributed by atoms with E-state index in [1.54, 1.807) is 0 Å². The third-order valence-corrected chi connectivity index (χ3v) is 4.40. The highest BCUT2D eigenvalue weighted by Gasteiger charge is 2.09. The molecule has 0 aliphatic rings. The largest absolute Gasteiger partial charge is 0.293 e. The van der Waals surface area contributed by atoms with Crippen LogP contribution in [0.4, 0.5) is 0 Å². The molecule has 3 rings (SSSR count). The van der Waals surface area contributed by atoms with E-state index in [0.29, 0.717) is 5.75 Å². The van der Waals surface area contributed by atoms with Crippen molar-refractivity contribution in [2.75, 3.05) is 5.75 Å². The van der Waals surface area contributed by atoms with Crippen molar-refractivity contribution in [2.45, 2.75) is 11.9 Å². The maximum absolute atomic E-state index is 12.1. The van der Waals surface area contributed by atoms with Crippen molar-refractivity contribution in [1.29, 1.82) is 0 Å². The molecule has 3 heteroatoms. The predicted octanol–water partition coefficient (Wildman–Crippen LogP) is 4.52. The quantitative estimate of drug-likeness (QED) is 0.523. The lowest BCUT2D eigenvalue weighted by Gasteiger charge is -2.06. The minimum atomic E-state index is 0.134. The summed E-state index contributed by atoms with van der Waals surface area (Å²) < 4.78 is 0. The van der Waals surface area contributed by atoms with Gasteiger partial charge in [-0.1, -0.05) is 60.3 Å². The number of benzene rings is 2. The molecule has 0 radical (unpaired) electrons. The normalized spacial score (nSPS) is 10.7. The van der Waals surface area contributed by atoms with Gasteiger partial charge in [-0.05, 0) is 24.6 Å². The van der Waals surface area contributed by atoms with Crippen molar-refractivity contribution < 1.29 is 4.79 Å². The molecule has 0 aliphatic heterocycles. The van der Waals surface area contributed by atoms with Gasteiger partial charge >= 0.3 is 0 Å². The molecule has 0 bridgehead atoms. The number of Topliss-reactive ketones (excluding diaryl/α,β-unsaturated/α-hetero) is 1. The van der Waals surface area contributed by atoms with Crippen LogP contribution in [0, 0.1) is 6.92 Å². The number of rotatable bonds is 4. The molecule has 0 spiro atoms. The van der Waals surface area contributed by atoms with Gasteiger partial charge in [0.05, 0.1) is 11.3 Å². The molecular formula is C18H15NOS. The summed E-state index contributed by atoms with van der Waals surface area (Å²) in [5, 5.41) is 2.06. The van der Waals surface area contributed by atoms with E-state index in [1.807, 2.05) is 55.5 Å². The standard InChI is InChI=1S/C18H15NOS/c1-13-11-15-9-5-6-10-16(15)19-18(13)21-12-17(20)14-7-3-2-4-8-14/h2-11H,12H2,1H3. The van der Waals surface area contributed by atoms with Gasteiger partial charge in [0, 0.05) is 10.9 Å². The molecule has 2 aromatic carbocycles. The summed E-state index contributed by atoms with van der Waals surface area (Å²) in [5.74, 6) is 0.547. The summed E-state index contributed by atoms with van der Waals surface area (Å²) in [6.07, 6.45) is 0. The highest BCUT2D eigenvalue weighted by Crippen LogP contribution is 2.25. The van der Waals surface area contributed by atoms with Crippen molar-refractivity contribution in [3.8, 4) is 0 Å². The number of para-hydroxylation sites is 1. The lowest BCUT2D eigenvalue weighted by molar-refractivity contribution is 0.102. The Morgan fingerprint density at radius 3 is 2.57 bits per heavy atom. The first-order valence-corrected chi connectivity index (χ1v) is 7.80. The van der Waals surface area contributed by atoms with Crippen LogP contribution in [0.5, 0.6) is 0 Å². The van der Waals surface area contributed by atoms with E-state index in [0.717, 1.165) is 27.1 Å². The van der Waals surface area contributed by atoms with Crippen LogP contribution < -0.4 is 0 Å². The Balaban J connectivity index is 1.79. The first kappa shape index (κ1) is 13.8.